The van der Waals surface area contributed by atoms with Crippen molar-refractivity contribution in [3.63, 3.8) is 0 Å². The fourth-order valence-corrected chi connectivity index (χ4v) is 2.96. The van der Waals surface area contributed by atoms with Crippen molar-refractivity contribution in [1.29, 1.82) is 0 Å². The lowest BCUT2D eigenvalue weighted by molar-refractivity contribution is -0.119. The van der Waals surface area contributed by atoms with Crippen molar-refractivity contribution in [3.8, 4) is 0 Å². The van der Waals surface area contributed by atoms with Crippen LogP contribution in [0.5, 0.6) is 0 Å². The Kier molecular flexibility index (Phi) is 6.27. The Balaban J connectivity index is 2.10. The molecule has 0 bridgehead atoms. The van der Waals surface area contributed by atoms with Crippen molar-refractivity contribution in [2.75, 3.05) is 19.5 Å². The summed E-state index contributed by atoms with van der Waals surface area (Å²) < 4.78 is 7.29. The molecular formula is C16H23N3O2S. The van der Waals surface area contributed by atoms with Gasteiger partial charge >= 0.3 is 0 Å². The molecule has 1 amide bonds. The maximum absolute atomic E-state index is 11.9. The molecule has 2 aromatic rings. The van der Waals surface area contributed by atoms with Gasteiger partial charge in [0.2, 0.25) is 5.91 Å². The van der Waals surface area contributed by atoms with Crippen LogP contribution >= 0.6 is 11.8 Å². The van der Waals surface area contributed by atoms with E-state index in [1.54, 1.807) is 7.11 Å². The summed E-state index contributed by atoms with van der Waals surface area (Å²) in [5.41, 5.74) is 2.02. The van der Waals surface area contributed by atoms with E-state index >= 15 is 0 Å². The molecule has 1 atom stereocenters. The second kappa shape index (κ2) is 8.19. The van der Waals surface area contributed by atoms with Gasteiger partial charge in [0.15, 0.2) is 5.16 Å². The van der Waals surface area contributed by atoms with Gasteiger partial charge in [0.05, 0.1) is 23.4 Å². The van der Waals surface area contributed by atoms with Crippen molar-refractivity contribution < 1.29 is 9.53 Å². The first-order valence-corrected chi connectivity index (χ1v) is 8.50. The average Bonchev–Trinajstić information content (AvgIpc) is 2.88. The Morgan fingerprint density at radius 2 is 2.23 bits per heavy atom. The molecule has 0 aliphatic heterocycles. The summed E-state index contributed by atoms with van der Waals surface area (Å²) >= 11 is 1.47. The lowest BCUT2D eigenvalue weighted by Gasteiger charge is -2.11. The number of hydrogen-bond donors (Lipinski definition) is 1. The number of nitrogens with one attached hydrogen (secondary N) is 1. The SMILES string of the molecule is CCC(C)NC(=O)CSc1nc2ccccc2n1CCOC. The fraction of sp³-hybridized carbons (Fsp3) is 0.500. The zero-order valence-corrected chi connectivity index (χ0v) is 14.2. The van der Waals surface area contributed by atoms with Crippen molar-refractivity contribution in [2.45, 2.75) is 38.0 Å². The van der Waals surface area contributed by atoms with Crippen LogP contribution in [-0.4, -0.2) is 41.0 Å². The minimum Gasteiger partial charge on any atom is -0.383 e. The van der Waals surface area contributed by atoms with Crippen molar-refractivity contribution >= 4 is 28.7 Å². The molecule has 0 spiro atoms. The third kappa shape index (κ3) is 4.24. The van der Waals surface area contributed by atoms with Gasteiger partial charge in [-0.25, -0.2) is 4.98 Å². The second-order valence-corrected chi connectivity index (χ2v) is 6.14. The number of carbonyl (C=O) groups is 1. The van der Waals surface area contributed by atoms with Crippen LogP contribution in [0, 0.1) is 0 Å². The van der Waals surface area contributed by atoms with Gasteiger partial charge in [0, 0.05) is 19.7 Å². The molecule has 1 unspecified atom stereocenters. The maximum Gasteiger partial charge on any atom is 0.230 e. The van der Waals surface area contributed by atoms with Crippen molar-refractivity contribution in [2.24, 2.45) is 0 Å². The smallest absolute Gasteiger partial charge is 0.230 e. The molecule has 0 fully saturated rings. The second-order valence-electron chi connectivity index (χ2n) is 5.19. The van der Waals surface area contributed by atoms with E-state index in [0.717, 1.165) is 29.2 Å². The number of thioether (sulfide) groups is 1. The molecule has 6 heteroatoms. The summed E-state index contributed by atoms with van der Waals surface area (Å²) in [6.45, 7) is 5.41. The van der Waals surface area contributed by atoms with Crippen LogP contribution in [0.25, 0.3) is 11.0 Å². The number of methoxy groups -OCH3 is 1. The molecule has 5 nitrogen and oxygen atoms in total. The maximum atomic E-state index is 11.9. The van der Waals surface area contributed by atoms with Gasteiger partial charge in [-0.15, -0.1) is 0 Å². The number of imidazole rings is 1. The molecule has 22 heavy (non-hydrogen) atoms. The lowest BCUT2D eigenvalue weighted by Crippen LogP contribution is -2.33. The molecule has 0 radical (unpaired) electrons. The van der Waals surface area contributed by atoms with Crippen LogP contribution < -0.4 is 5.32 Å². The number of amides is 1. The molecule has 1 aromatic heterocycles. The largest absolute Gasteiger partial charge is 0.383 e. The first-order chi connectivity index (χ1) is 10.7. The highest BCUT2D eigenvalue weighted by Gasteiger charge is 2.13. The summed E-state index contributed by atoms with van der Waals surface area (Å²) in [5.74, 6) is 0.422. The van der Waals surface area contributed by atoms with Crippen LogP contribution in [0.1, 0.15) is 20.3 Å². The minimum absolute atomic E-state index is 0.0460. The molecule has 1 N–H and O–H groups in total. The molecule has 1 aromatic carbocycles. The van der Waals surface area contributed by atoms with Gasteiger partial charge in [-0.3, -0.25) is 4.79 Å². The summed E-state index contributed by atoms with van der Waals surface area (Å²) in [6.07, 6.45) is 0.933. The lowest BCUT2D eigenvalue weighted by atomic mass is 10.3. The number of carbonyl (C=O) groups excluding carboxylic acids is 1. The van der Waals surface area contributed by atoms with E-state index in [0.29, 0.717) is 12.4 Å². The predicted molar refractivity (Wildman–Crippen MR) is 90.2 cm³/mol. The third-order valence-electron chi connectivity index (χ3n) is 3.49. The standard InChI is InChI=1S/C16H23N3O2S/c1-4-12(2)17-15(20)11-22-16-18-13-7-5-6-8-14(13)19(16)9-10-21-3/h5-8,12H,4,9-11H2,1-3H3,(H,17,20). The van der Waals surface area contributed by atoms with Gasteiger partial charge in [-0.2, -0.15) is 0 Å². The number of fused-ring (bicyclic) bond motifs is 1. The van der Waals surface area contributed by atoms with Crippen LogP contribution in [0.15, 0.2) is 29.4 Å². The molecular weight excluding hydrogens is 298 g/mol. The van der Waals surface area contributed by atoms with Crippen LogP contribution in [-0.2, 0) is 16.1 Å². The highest BCUT2D eigenvalue weighted by molar-refractivity contribution is 7.99. The normalized spacial score (nSPS) is 12.5. The zero-order chi connectivity index (χ0) is 15.9. The average molecular weight is 321 g/mol. The first-order valence-electron chi connectivity index (χ1n) is 7.52. The van der Waals surface area contributed by atoms with Gasteiger partial charge < -0.3 is 14.6 Å². The van der Waals surface area contributed by atoms with Gasteiger partial charge in [-0.05, 0) is 25.5 Å². The van der Waals surface area contributed by atoms with Gasteiger partial charge in [-0.1, -0.05) is 30.8 Å². The molecule has 0 saturated heterocycles. The summed E-state index contributed by atoms with van der Waals surface area (Å²) in [4.78, 5) is 16.6. The molecule has 0 saturated carbocycles. The molecule has 2 rings (SSSR count). The number of ether oxygens (including phenoxy) is 1. The van der Waals surface area contributed by atoms with Gasteiger partial charge in [0.25, 0.3) is 0 Å². The van der Waals surface area contributed by atoms with E-state index in [4.69, 9.17) is 4.74 Å². The van der Waals surface area contributed by atoms with E-state index in [1.165, 1.54) is 11.8 Å². The Labute approximate surface area is 135 Å². The fourth-order valence-electron chi connectivity index (χ4n) is 2.11. The van der Waals surface area contributed by atoms with Crippen LogP contribution in [0.4, 0.5) is 0 Å². The highest BCUT2D eigenvalue weighted by atomic mass is 32.2. The number of rotatable bonds is 8. The van der Waals surface area contributed by atoms with Crippen LogP contribution in [0.3, 0.4) is 0 Å². The Bertz CT molecular complexity index is 627. The number of hydrogen-bond acceptors (Lipinski definition) is 4. The Morgan fingerprint density at radius 3 is 2.95 bits per heavy atom. The molecule has 120 valence electrons. The minimum atomic E-state index is 0.0460. The van der Waals surface area contributed by atoms with E-state index in [-0.39, 0.29) is 11.9 Å². The monoisotopic (exact) mass is 321 g/mol. The van der Waals surface area contributed by atoms with E-state index < -0.39 is 0 Å². The summed E-state index contributed by atoms with van der Waals surface area (Å²) in [6, 6.07) is 8.21. The van der Waals surface area contributed by atoms with Crippen molar-refractivity contribution in [3.05, 3.63) is 24.3 Å². The Morgan fingerprint density at radius 1 is 1.45 bits per heavy atom. The quantitative estimate of drug-likeness (QED) is 0.760. The van der Waals surface area contributed by atoms with E-state index in [1.807, 2.05) is 31.2 Å². The third-order valence-corrected chi connectivity index (χ3v) is 4.47. The summed E-state index contributed by atoms with van der Waals surface area (Å²) in [5, 5.41) is 3.83. The molecule has 0 aliphatic rings. The zero-order valence-electron chi connectivity index (χ0n) is 13.3. The Hall–Kier alpha value is -1.53. The summed E-state index contributed by atoms with van der Waals surface area (Å²) in [7, 11) is 1.69. The number of aromatic nitrogens is 2. The highest BCUT2D eigenvalue weighted by Crippen LogP contribution is 2.23. The number of para-hydroxylation sites is 2. The predicted octanol–water partition coefficient (Wildman–Crippen LogP) is 2.69. The molecule has 1 heterocycles. The van der Waals surface area contributed by atoms with E-state index in [2.05, 4.69) is 21.8 Å². The van der Waals surface area contributed by atoms with E-state index in [9.17, 15) is 4.79 Å². The van der Waals surface area contributed by atoms with Gasteiger partial charge in [0.1, 0.15) is 0 Å². The number of nitrogens with zero attached hydrogens (tertiary/aromatic N) is 2. The first kappa shape index (κ1) is 16.8. The van der Waals surface area contributed by atoms with Crippen molar-refractivity contribution in [1.82, 2.24) is 14.9 Å². The van der Waals surface area contributed by atoms with Crippen LogP contribution in [0.2, 0.25) is 0 Å². The molecule has 0 aliphatic carbocycles. The topological polar surface area (TPSA) is 56.2 Å². The number of benzene rings is 1.